The fraction of sp³-hybridized carbons (Fsp3) is 0.632. The lowest BCUT2D eigenvalue weighted by Crippen LogP contribution is -2.51. The molecule has 1 heterocycles. The van der Waals surface area contributed by atoms with Crippen LogP contribution in [0, 0.1) is 0 Å². The van der Waals surface area contributed by atoms with Gasteiger partial charge in [0.15, 0.2) is 5.79 Å². The smallest absolute Gasteiger partial charge is 0.410 e. The SMILES string of the molecule is CCCCO[C@@H]1C[C@@H](C(C)(O)OC)N(C(=O)OCc2ccccc2)C1. The standard InChI is InChI=1S/C19H29NO5/c1-4-5-11-24-16-12-17(19(2,22)23-3)20(13-16)18(21)25-14-15-9-7-6-8-10-15/h6-10,16-17,22H,4-5,11-14H2,1-3H3/t16-,17+,19?/m1/s1. The molecule has 0 saturated carbocycles. The third-order valence-electron chi connectivity index (χ3n) is 4.59. The monoisotopic (exact) mass is 351 g/mol. The van der Waals surface area contributed by atoms with E-state index in [1.54, 1.807) is 6.92 Å². The summed E-state index contributed by atoms with van der Waals surface area (Å²) in [5, 5.41) is 10.5. The molecule has 6 heteroatoms. The van der Waals surface area contributed by atoms with Crippen LogP contribution in [-0.4, -0.2) is 54.3 Å². The van der Waals surface area contributed by atoms with Gasteiger partial charge in [0.2, 0.25) is 0 Å². The summed E-state index contributed by atoms with van der Waals surface area (Å²) >= 11 is 0. The molecule has 1 amide bonds. The van der Waals surface area contributed by atoms with Crippen LogP contribution in [0.3, 0.4) is 0 Å². The number of amides is 1. The van der Waals surface area contributed by atoms with Crippen molar-refractivity contribution in [1.29, 1.82) is 0 Å². The number of nitrogens with zero attached hydrogens (tertiary/aromatic N) is 1. The van der Waals surface area contributed by atoms with Crippen molar-refractivity contribution in [3.63, 3.8) is 0 Å². The number of hydrogen-bond acceptors (Lipinski definition) is 5. The number of unbranched alkanes of at least 4 members (excludes halogenated alkanes) is 1. The van der Waals surface area contributed by atoms with Gasteiger partial charge in [-0.05, 0) is 18.9 Å². The number of hydrogen-bond donors (Lipinski definition) is 1. The van der Waals surface area contributed by atoms with Crippen LogP contribution in [0.4, 0.5) is 4.79 Å². The summed E-state index contributed by atoms with van der Waals surface area (Å²) in [5.74, 6) is -1.45. The van der Waals surface area contributed by atoms with Crippen LogP contribution in [0.25, 0.3) is 0 Å². The number of carbonyl (C=O) groups excluding carboxylic acids is 1. The third kappa shape index (κ3) is 5.42. The van der Waals surface area contributed by atoms with Gasteiger partial charge in [-0.25, -0.2) is 4.79 Å². The zero-order valence-corrected chi connectivity index (χ0v) is 15.3. The van der Waals surface area contributed by atoms with Crippen LogP contribution in [0.2, 0.25) is 0 Å². The van der Waals surface area contributed by atoms with Crippen molar-refractivity contribution >= 4 is 6.09 Å². The zero-order valence-electron chi connectivity index (χ0n) is 15.3. The molecule has 1 aromatic rings. The van der Waals surface area contributed by atoms with E-state index >= 15 is 0 Å². The molecule has 0 bridgehead atoms. The Kier molecular flexibility index (Phi) is 7.23. The highest BCUT2D eigenvalue weighted by Gasteiger charge is 2.46. The summed E-state index contributed by atoms with van der Waals surface area (Å²) in [5.41, 5.74) is 0.917. The van der Waals surface area contributed by atoms with Gasteiger partial charge in [-0.2, -0.15) is 0 Å². The summed E-state index contributed by atoms with van der Waals surface area (Å²) in [6, 6.07) is 9.00. The fourth-order valence-corrected chi connectivity index (χ4v) is 2.96. The quantitative estimate of drug-likeness (QED) is 0.576. The maximum atomic E-state index is 12.5. The maximum Gasteiger partial charge on any atom is 0.410 e. The topological polar surface area (TPSA) is 68.2 Å². The first kappa shape index (κ1) is 19.7. The van der Waals surface area contributed by atoms with Crippen molar-refractivity contribution in [3.8, 4) is 0 Å². The molecule has 1 N–H and O–H groups in total. The minimum absolute atomic E-state index is 0.123. The van der Waals surface area contributed by atoms with E-state index in [9.17, 15) is 9.90 Å². The maximum absolute atomic E-state index is 12.5. The third-order valence-corrected chi connectivity index (χ3v) is 4.59. The second-order valence-corrected chi connectivity index (χ2v) is 6.55. The molecule has 1 unspecified atom stereocenters. The Hall–Kier alpha value is -1.63. The number of rotatable bonds is 8. The summed E-state index contributed by atoms with van der Waals surface area (Å²) in [4.78, 5) is 14.1. The van der Waals surface area contributed by atoms with Crippen molar-refractivity contribution in [2.45, 2.75) is 57.6 Å². The molecule has 0 aromatic heterocycles. The van der Waals surface area contributed by atoms with Gasteiger partial charge < -0.3 is 19.3 Å². The lowest BCUT2D eigenvalue weighted by atomic mass is 10.1. The van der Waals surface area contributed by atoms with Crippen molar-refractivity contribution < 1.29 is 24.1 Å². The van der Waals surface area contributed by atoms with Crippen molar-refractivity contribution in [2.75, 3.05) is 20.3 Å². The summed E-state index contributed by atoms with van der Waals surface area (Å²) in [7, 11) is 1.43. The van der Waals surface area contributed by atoms with E-state index in [4.69, 9.17) is 14.2 Å². The van der Waals surface area contributed by atoms with E-state index in [1.165, 1.54) is 12.0 Å². The van der Waals surface area contributed by atoms with Gasteiger partial charge in [0.25, 0.3) is 0 Å². The number of methoxy groups -OCH3 is 1. The van der Waals surface area contributed by atoms with Crippen molar-refractivity contribution in [3.05, 3.63) is 35.9 Å². The van der Waals surface area contributed by atoms with Gasteiger partial charge in [0.05, 0.1) is 18.7 Å². The molecule has 0 radical (unpaired) electrons. The molecule has 1 aliphatic rings. The van der Waals surface area contributed by atoms with E-state index in [-0.39, 0.29) is 12.7 Å². The van der Waals surface area contributed by atoms with Gasteiger partial charge in [-0.1, -0.05) is 43.7 Å². The zero-order chi connectivity index (χ0) is 18.3. The van der Waals surface area contributed by atoms with Crippen LogP contribution >= 0.6 is 0 Å². The minimum Gasteiger partial charge on any atom is -0.445 e. The molecule has 2 rings (SSSR count). The van der Waals surface area contributed by atoms with Gasteiger partial charge in [-0.15, -0.1) is 0 Å². The number of ether oxygens (including phenoxy) is 3. The molecule has 1 fully saturated rings. The predicted molar refractivity (Wildman–Crippen MR) is 94.0 cm³/mol. The Morgan fingerprint density at radius 3 is 2.72 bits per heavy atom. The predicted octanol–water partition coefficient (Wildman–Crippen LogP) is 2.94. The van der Waals surface area contributed by atoms with E-state index < -0.39 is 17.9 Å². The van der Waals surface area contributed by atoms with Crippen molar-refractivity contribution in [1.82, 2.24) is 4.90 Å². The van der Waals surface area contributed by atoms with Gasteiger partial charge in [-0.3, -0.25) is 4.90 Å². The molecule has 140 valence electrons. The Labute approximate surface area is 149 Å². The lowest BCUT2D eigenvalue weighted by molar-refractivity contribution is -0.204. The van der Waals surface area contributed by atoms with Crippen LogP contribution < -0.4 is 0 Å². The van der Waals surface area contributed by atoms with Crippen LogP contribution in [0.5, 0.6) is 0 Å². The normalized spacial score (nSPS) is 22.6. The highest BCUT2D eigenvalue weighted by atomic mass is 16.6. The lowest BCUT2D eigenvalue weighted by Gasteiger charge is -2.34. The van der Waals surface area contributed by atoms with Gasteiger partial charge >= 0.3 is 6.09 Å². The Bertz CT molecular complexity index is 534. The highest BCUT2D eigenvalue weighted by Crippen LogP contribution is 2.30. The Morgan fingerprint density at radius 2 is 2.08 bits per heavy atom. The van der Waals surface area contributed by atoms with Crippen molar-refractivity contribution in [2.24, 2.45) is 0 Å². The molecule has 1 aromatic carbocycles. The summed E-state index contributed by atoms with van der Waals surface area (Å²) in [6.45, 7) is 4.89. The first-order chi connectivity index (χ1) is 12.0. The largest absolute Gasteiger partial charge is 0.445 e. The Balaban J connectivity index is 1.99. The average Bonchev–Trinajstić information content (AvgIpc) is 3.06. The van der Waals surface area contributed by atoms with E-state index in [0.717, 1.165) is 18.4 Å². The van der Waals surface area contributed by atoms with Crippen LogP contribution in [0.1, 0.15) is 38.7 Å². The molecule has 1 saturated heterocycles. The summed E-state index contributed by atoms with van der Waals surface area (Å²) in [6.07, 6.45) is 1.95. The molecule has 25 heavy (non-hydrogen) atoms. The highest BCUT2D eigenvalue weighted by molar-refractivity contribution is 5.68. The number of likely N-dealkylation sites (tertiary alicyclic amines) is 1. The second kappa shape index (κ2) is 9.17. The van der Waals surface area contributed by atoms with E-state index in [1.807, 2.05) is 30.3 Å². The number of benzene rings is 1. The molecule has 6 nitrogen and oxygen atoms in total. The molecular formula is C19H29NO5. The Morgan fingerprint density at radius 1 is 1.36 bits per heavy atom. The van der Waals surface area contributed by atoms with E-state index in [2.05, 4.69) is 6.92 Å². The van der Waals surface area contributed by atoms with Crippen LogP contribution in [-0.2, 0) is 20.8 Å². The van der Waals surface area contributed by atoms with Gasteiger partial charge in [0, 0.05) is 20.1 Å². The summed E-state index contributed by atoms with van der Waals surface area (Å²) < 4.78 is 16.5. The minimum atomic E-state index is -1.45. The fourth-order valence-electron chi connectivity index (χ4n) is 2.96. The first-order valence-corrected chi connectivity index (χ1v) is 8.84. The number of aliphatic hydroxyl groups is 1. The first-order valence-electron chi connectivity index (χ1n) is 8.84. The average molecular weight is 351 g/mol. The molecule has 0 aliphatic carbocycles. The second-order valence-electron chi connectivity index (χ2n) is 6.55. The number of carbonyl (C=O) groups is 1. The molecule has 1 aliphatic heterocycles. The molecule has 3 atom stereocenters. The molecule has 0 spiro atoms. The van der Waals surface area contributed by atoms with E-state index in [0.29, 0.717) is 19.6 Å². The molecular weight excluding hydrogens is 322 g/mol. The van der Waals surface area contributed by atoms with Crippen LogP contribution in [0.15, 0.2) is 30.3 Å². The van der Waals surface area contributed by atoms with Gasteiger partial charge in [0.1, 0.15) is 6.61 Å².